The Labute approximate surface area is 95.4 Å². The third-order valence-electron chi connectivity index (χ3n) is 2.42. The highest BCUT2D eigenvalue weighted by Crippen LogP contribution is 2.16. The van der Waals surface area contributed by atoms with Crippen molar-refractivity contribution in [1.82, 2.24) is 0 Å². The molecule has 3 heteroatoms. The van der Waals surface area contributed by atoms with E-state index in [0.717, 1.165) is 5.56 Å². The molecule has 0 aliphatic carbocycles. The van der Waals surface area contributed by atoms with E-state index in [1.165, 1.54) is 13.8 Å². The van der Waals surface area contributed by atoms with Gasteiger partial charge in [0.2, 0.25) is 0 Å². The lowest BCUT2D eigenvalue weighted by atomic mass is 10.00. The van der Waals surface area contributed by atoms with Crippen LogP contribution in [0.3, 0.4) is 0 Å². The van der Waals surface area contributed by atoms with Crippen LogP contribution in [-0.2, 0) is 9.53 Å². The minimum atomic E-state index is -0.271. The summed E-state index contributed by atoms with van der Waals surface area (Å²) in [6.07, 6.45) is 0. The van der Waals surface area contributed by atoms with Crippen LogP contribution in [0.25, 0.3) is 0 Å². The zero-order chi connectivity index (χ0) is 12.1. The van der Waals surface area contributed by atoms with Gasteiger partial charge in [0.1, 0.15) is 0 Å². The third-order valence-corrected chi connectivity index (χ3v) is 2.42. The fourth-order valence-electron chi connectivity index (χ4n) is 1.38. The molecule has 0 aliphatic rings. The van der Waals surface area contributed by atoms with Crippen molar-refractivity contribution in [2.45, 2.75) is 26.7 Å². The molecule has 0 aliphatic heterocycles. The Morgan fingerprint density at radius 3 is 2.19 bits per heavy atom. The van der Waals surface area contributed by atoms with Crippen molar-refractivity contribution < 1.29 is 14.3 Å². The molecule has 0 bridgehead atoms. The maximum atomic E-state index is 11.1. The number of Topliss-reactive ketones (excluding diaryl/α,β-unsaturated/α-hetero) is 1. The van der Waals surface area contributed by atoms with E-state index in [9.17, 15) is 9.59 Å². The highest BCUT2D eigenvalue weighted by atomic mass is 16.5. The zero-order valence-corrected chi connectivity index (χ0v) is 9.82. The zero-order valence-electron chi connectivity index (χ0n) is 9.82. The number of ether oxygens (including phenoxy) is 1. The van der Waals surface area contributed by atoms with Crippen molar-refractivity contribution in [2.24, 2.45) is 0 Å². The second-order valence-electron chi connectivity index (χ2n) is 3.88. The number of esters is 1. The van der Waals surface area contributed by atoms with Gasteiger partial charge in [-0.05, 0) is 12.5 Å². The maximum absolute atomic E-state index is 11.1. The number of carbonyl (C=O) groups excluding carboxylic acids is 2. The van der Waals surface area contributed by atoms with Crippen molar-refractivity contribution >= 4 is 11.8 Å². The summed E-state index contributed by atoms with van der Waals surface area (Å²) in [7, 11) is 0. The Balaban J connectivity index is 2.66. The molecule has 16 heavy (non-hydrogen) atoms. The van der Waals surface area contributed by atoms with Crippen LogP contribution in [0.1, 0.15) is 42.6 Å². The molecule has 0 saturated heterocycles. The van der Waals surface area contributed by atoms with Crippen molar-refractivity contribution in [3.63, 3.8) is 0 Å². The molecule has 0 radical (unpaired) electrons. The first-order valence-corrected chi connectivity index (χ1v) is 5.25. The van der Waals surface area contributed by atoms with E-state index in [4.69, 9.17) is 4.74 Å². The molecule has 1 aromatic carbocycles. The van der Waals surface area contributed by atoms with Gasteiger partial charge in [-0.15, -0.1) is 0 Å². The molecule has 1 atom stereocenters. The lowest BCUT2D eigenvalue weighted by molar-refractivity contribution is -0.141. The molecule has 3 nitrogen and oxygen atoms in total. The summed E-state index contributed by atoms with van der Waals surface area (Å²) < 4.78 is 4.93. The van der Waals surface area contributed by atoms with Gasteiger partial charge in [0, 0.05) is 18.4 Å². The molecule has 86 valence electrons. The molecule has 0 spiro atoms. The lowest BCUT2D eigenvalue weighted by Gasteiger charge is -2.11. The van der Waals surface area contributed by atoms with Crippen LogP contribution in [0, 0.1) is 0 Å². The quantitative estimate of drug-likeness (QED) is 0.578. The Hall–Kier alpha value is -1.64. The summed E-state index contributed by atoms with van der Waals surface area (Å²) in [5.74, 6) is -0.0729. The van der Waals surface area contributed by atoms with Crippen LogP contribution < -0.4 is 0 Å². The standard InChI is InChI=1S/C13H16O3/c1-9(8-16-11(3)15)12-4-6-13(7-5-12)10(2)14/h4-7,9H,8H2,1-3H3. The van der Waals surface area contributed by atoms with E-state index in [-0.39, 0.29) is 17.7 Å². The van der Waals surface area contributed by atoms with Gasteiger partial charge in [-0.25, -0.2) is 0 Å². The third kappa shape index (κ3) is 3.50. The van der Waals surface area contributed by atoms with Crippen LogP contribution in [0.4, 0.5) is 0 Å². The summed E-state index contributed by atoms with van der Waals surface area (Å²) in [6, 6.07) is 7.37. The highest BCUT2D eigenvalue weighted by Gasteiger charge is 2.08. The molecule has 1 unspecified atom stereocenters. The predicted octanol–water partition coefficient (Wildman–Crippen LogP) is 2.56. The summed E-state index contributed by atoms with van der Waals surface area (Å²) in [4.78, 5) is 21.7. The Morgan fingerprint density at radius 2 is 1.75 bits per heavy atom. The van der Waals surface area contributed by atoms with Crippen molar-refractivity contribution in [2.75, 3.05) is 6.61 Å². The van der Waals surface area contributed by atoms with E-state index in [2.05, 4.69) is 0 Å². The second-order valence-corrected chi connectivity index (χ2v) is 3.88. The monoisotopic (exact) mass is 220 g/mol. The first-order valence-electron chi connectivity index (χ1n) is 5.25. The fourth-order valence-corrected chi connectivity index (χ4v) is 1.38. The minimum Gasteiger partial charge on any atom is -0.465 e. The normalized spacial score (nSPS) is 11.9. The van der Waals surface area contributed by atoms with Gasteiger partial charge in [-0.1, -0.05) is 31.2 Å². The largest absolute Gasteiger partial charge is 0.465 e. The van der Waals surface area contributed by atoms with Gasteiger partial charge in [0.15, 0.2) is 5.78 Å². The Morgan fingerprint density at radius 1 is 1.19 bits per heavy atom. The summed E-state index contributed by atoms with van der Waals surface area (Å²) in [6.45, 7) is 5.28. The number of ketones is 1. The summed E-state index contributed by atoms with van der Waals surface area (Å²) >= 11 is 0. The van der Waals surface area contributed by atoms with Crippen molar-refractivity contribution in [1.29, 1.82) is 0 Å². The number of hydrogen-bond acceptors (Lipinski definition) is 3. The lowest BCUT2D eigenvalue weighted by Crippen LogP contribution is -2.08. The molecular weight excluding hydrogens is 204 g/mol. The summed E-state index contributed by atoms with van der Waals surface area (Å²) in [5, 5.41) is 0. The Kier molecular flexibility index (Phi) is 4.23. The molecule has 0 amide bonds. The van der Waals surface area contributed by atoms with E-state index in [1.807, 2.05) is 19.1 Å². The van der Waals surface area contributed by atoms with E-state index in [1.54, 1.807) is 12.1 Å². The molecule has 1 aromatic rings. The predicted molar refractivity (Wildman–Crippen MR) is 61.5 cm³/mol. The molecule has 0 N–H and O–H groups in total. The molecular formula is C13H16O3. The minimum absolute atomic E-state index is 0.0548. The van der Waals surface area contributed by atoms with Crippen molar-refractivity contribution in [3.05, 3.63) is 35.4 Å². The van der Waals surface area contributed by atoms with Crippen LogP contribution in [-0.4, -0.2) is 18.4 Å². The number of hydrogen-bond donors (Lipinski definition) is 0. The smallest absolute Gasteiger partial charge is 0.302 e. The highest BCUT2D eigenvalue weighted by molar-refractivity contribution is 5.94. The SMILES string of the molecule is CC(=O)OCC(C)c1ccc(C(C)=O)cc1. The molecule has 1 rings (SSSR count). The van der Waals surface area contributed by atoms with Gasteiger partial charge >= 0.3 is 5.97 Å². The summed E-state index contributed by atoms with van der Waals surface area (Å²) in [5.41, 5.74) is 1.76. The first kappa shape index (κ1) is 12.4. The number of rotatable bonds is 4. The van der Waals surface area contributed by atoms with Gasteiger partial charge in [-0.2, -0.15) is 0 Å². The van der Waals surface area contributed by atoms with E-state index >= 15 is 0 Å². The number of benzene rings is 1. The van der Waals surface area contributed by atoms with Gasteiger partial charge in [-0.3, -0.25) is 9.59 Å². The fraction of sp³-hybridized carbons (Fsp3) is 0.385. The van der Waals surface area contributed by atoms with Crippen LogP contribution >= 0.6 is 0 Å². The first-order chi connectivity index (χ1) is 7.50. The molecule has 0 aromatic heterocycles. The van der Waals surface area contributed by atoms with Crippen LogP contribution in [0.15, 0.2) is 24.3 Å². The molecule has 0 fully saturated rings. The van der Waals surface area contributed by atoms with Gasteiger partial charge in [0.05, 0.1) is 6.61 Å². The number of carbonyl (C=O) groups is 2. The maximum Gasteiger partial charge on any atom is 0.302 e. The van der Waals surface area contributed by atoms with Crippen LogP contribution in [0.5, 0.6) is 0 Å². The van der Waals surface area contributed by atoms with E-state index < -0.39 is 0 Å². The van der Waals surface area contributed by atoms with Crippen molar-refractivity contribution in [3.8, 4) is 0 Å². The van der Waals surface area contributed by atoms with Gasteiger partial charge in [0.25, 0.3) is 0 Å². The topological polar surface area (TPSA) is 43.4 Å². The van der Waals surface area contributed by atoms with Gasteiger partial charge < -0.3 is 4.74 Å². The van der Waals surface area contributed by atoms with Crippen LogP contribution in [0.2, 0.25) is 0 Å². The van der Waals surface area contributed by atoms with E-state index in [0.29, 0.717) is 12.2 Å². The molecule has 0 saturated carbocycles. The molecule has 0 heterocycles. The average molecular weight is 220 g/mol. The Bertz CT molecular complexity index is 379. The average Bonchev–Trinajstić information content (AvgIpc) is 2.26. The second kappa shape index (κ2) is 5.45.